The minimum atomic E-state index is -1.17. The van der Waals surface area contributed by atoms with Crippen LogP contribution in [0.5, 0.6) is 0 Å². The van der Waals surface area contributed by atoms with Gasteiger partial charge in [-0.05, 0) is 11.6 Å². The van der Waals surface area contributed by atoms with E-state index >= 15 is 0 Å². The Hall–Kier alpha value is -1.97. The Morgan fingerprint density at radius 2 is 2.21 bits per heavy atom. The van der Waals surface area contributed by atoms with E-state index in [4.69, 9.17) is 5.11 Å². The summed E-state index contributed by atoms with van der Waals surface area (Å²) in [4.78, 5) is 25.5. The third-order valence-corrected chi connectivity index (χ3v) is 2.08. The molecule has 0 fully saturated rings. The third kappa shape index (κ3) is 1.31. The second-order valence-corrected chi connectivity index (χ2v) is 3.01. The molecule has 1 N–H and O–H groups in total. The minimum absolute atomic E-state index is 0.193. The summed E-state index contributed by atoms with van der Waals surface area (Å²) in [6.07, 6.45) is 8.37. The summed E-state index contributed by atoms with van der Waals surface area (Å²) in [6.45, 7) is 0. The molecule has 0 aromatic rings. The van der Waals surface area contributed by atoms with E-state index in [2.05, 4.69) is 4.99 Å². The molecule has 0 saturated heterocycles. The minimum Gasteiger partial charge on any atom is -0.477 e. The number of carbonyl (C=O) groups is 2. The standard InChI is InChI=1S/C10H7NO3/c12-9-7-4-2-1-3-6(7)5-8(11-9)10(13)14/h1-5,7H,(H,13,14). The van der Waals surface area contributed by atoms with Gasteiger partial charge in [-0.1, -0.05) is 24.3 Å². The molecule has 1 unspecified atom stereocenters. The second-order valence-electron chi connectivity index (χ2n) is 3.01. The van der Waals surface area contributed by atoms with Gasteiger partial charge in [0, 0.05) is 0 Å². The maximum absolute atomic E-state index is 11.4. The largest absolute Gasteiger partial charge is 0.477 e. The topological polar surface area (TPSA) is 66.7 Å². The van der Waals surface area contributed by atoms with Crippen molar-refractivity contribution in [3.05, 3.63) is 36.0 Å². The van der Waals surface area contributed by atoms with Crippen molar-refractivity contribution >= 4 is 17.6 Å². The van der Waals surface area contributed by atoms with Crippen LogP contribution in [0.3, 0.4) is 0 Å². The van der Waals surface area contributed by atoms with Crippen LogP contribution in [0.15, 0.2) is 40.9 Å². The summed E-state index contributed by atoms with van der Waals surface area (Å²) in [6, 6.07) is 0. The van der Waals surface area contributed by atoms with Gasteiger partial charge in [-0.2, -0.15) is 0 Å². The Morgan fingerprint density at radius 3 is 2.93 bits per heavy atom. The summed E-state index contributed by atoms with van der Waals surface area (Å²) in [5, 5.41) is 8.68. The Kier molecular flexibility index (Phi) is 1.89. The lowest BCUT2D eigenvalue weighted by Gasteiger charge is -2.17. The zero-order valence-corrected chi connectivity index (χ0v) is 7.18. The van der Waals surface area contributed by atoms with Crippen molar-refractivity contribution in [1.82, 2.24) is 0 Å². The van der Waals surface area contributed by atoms with Crippen molar-refractivity contribution in [2.45, 2.75) is 0 Å². The molecule has 1 aliphatic heterocycles. The van der Waals surface area contributed by atoms with Crippen LogP contribution in [0.1, 0.15) is 0 Å². The summed E-state index contributed by atoms with van der Waals surface area (Å²) >= 11 is 0. The van der Waals surface area contributed by atoms with Gasteiger partial charge in [0.05, 0.1) is 5.92 Å². The fourth-order valence-corrected chi connectivity index (χ4v) is 1.41. The average Bonchev–Trinajstić information content (AvgIpc) is 2.17. The van der Waals surface area contributed by atoms with Crippen LogP contribution in [0.4, 0.5) is 0 Å². The van der Waals surface area contributed by atoms with Gasteiger partial charge < -0.3 is 5.11 Å². The fraction of sp³-hybridized carbons (Fsp3) is 0.100. The van der Waals surface area contributed by atoms with E-state index < -0.39 is 17.8 Å². The highest BCUT2D eigenvalue weighted by molar-refractivity contribution is 6.43. The number of dihydropyridines is 1. The predicted molar refractivity (Wildman–Crippen MR) is 49.9 cm³/mol. The number of fused-ring (bicyclic) bond motifs is 1. The summed E-state index contributed by atoms with van der Waals surface area (Å²) < 4.78 is 0. The normalized spacial score (nSPS) is 24.0. The molecule has 2 aliphatic rings. The highest BCUT2D eigenvalue weighted by Crippen LogP contribution is 2.23. The first-order valence-corrected chi connectivity index (χ1v) is 4.11. The summed E-state index contributed by atoms with van der Waals surface area (Å²) in [5.74, 6) is -1.99. The molecule has 1 heterocycles. The van der Waals surface area contributed by atoms with Crippen LogP contribution in [-0.4, -0.2) is 22.7 Å². The molecule has 1 aliphatic carbocycles. The smallest absolute Gasteiger partial charge is 0.354 e. The SMILES string of the molecule is O=C(O)C1=NC(=O)C2C=CC=CC2=C1. The molecule has 0 aromatic carbocycles. The van der Waals surface area contributed by atoms with E-state index in [1.807, 2.05) is 0 Å². The lowest BCUT2D eigenvalue weighted by molar-refractivity contribution is -0.130. The van der Waals surface area contributed by atoms with Crippen LogP contribution >= 0.6 is 0 Å². The van der Waals surface area contributed by atoms with Gasteiger partial charge in [-0.3, -0.25) is 4.79 Å². The van der Waals surface area contributed by atoms with E-state index in [1.54, 1.807) is 24.3 Å². The van der Waals surface area contributed by atoms with Crippen molar-refractivity contribution in [3.8, 4) is 0 Å². The number of carboxylic acid groups (broad SMARTS) is 1. The Balaban J connectivity index is 2.43. The summed E-state index contributed by atoms with van der Waals surface area (Å²) in [5.41, 5.74) is 0.492. The molecule has 4 heteroatoms. The molecular formula is C10H7NO3. The van der Waals surface area contributed by atoms with Crippen molar-refractivity contribution < 1.29 is 14.7 Å². The van der Waals surface area contributed by atoms with Gasteiger partial charge in [0.2, 0.25) is 0 Å². The van der Waals surface area contributed by atoms with E-state index in [0.717, 1.165) is 0 Å². The summed E-state index contributed by atoms with van der Waals surface area (Å²) in [7, 11) is 0. The van der Waals surface area contributed by atoms with Crippen LogP contribution in [0.2, 0.25) is 0 Å². The second kappa shape index (κ2) is 3.06. The van der Waals surface area contributed by atoms with E-state index in [9.17, 15) is 9.59 Å². The number of nitrogens with zero attached hydrogens (tertiary/aromatic N) is 1. The number of rotatable bonds is 1. The monoisotopic (exact) mass is 189 g/mol. The molecule has 0 saturated carbocycles. The first-order valence-electron chi connectivity index (χ1n) is 4.11. The van der Waals surface area contributed by atoms with Gasteiger partial charge in [0.1, 0.15) is 0 Å². The molecule has 4 nitrogen and oxygen atoms in total. The fourth-order valence-electron chi connectivity index (χ4n) is 1.41. The van der Waals surface area contributed by atoms with Crippen LogP contribution in [-0.2, 0) is 9.59 Å². The number of allylic oxidation sites excluding steroid dienone is 3. The molecule has 2 rings (SSSR count). The number of hydrogen-bond donors (Lipinski definition) is 1. The predicted octanol–water partition coefficient (Wildman–Crippen LogP) is 0.721. The highest BCUT2D eigenvalue weighted by Gasteiger charge is 2.26. The third-order valence-electron chi connectivity index (χ3n) is 2.08. The van der Waals surface area contributed by atoms with E-state index in [0.29, 0.717) is 5.57 Å². The number of carbonyl (C=O) groups excluding carboxylic acids is 1. The molecule has 1 amide bonds. The Morgan fingerprint density at radius 1 is 1.43 bits per heavy atom. The highest BCUT2D eigenvalue weighted by atomic mass is 16.4. The van der Waals surface area contributed by atoms with Gasteiger partial charge in [-0.25, -0.2) is 9.79 Å². The number of aliphatic imine (C=N–C) groups is 1. The zero-order chi connectivity index (χ0) is 10.1. The van der Waals surface area contributed by atoms with Crippen LogP contribution in [0.25, 0.3) is 0 Å². The maximum Gasteiger partial charge on any atom is 0.354 e. The number of carboxylic acids is 1. The van der Waals surface area contributed by atoms with Gasteiger partial charge in [0.25, 0.3) is 5.91 Å². The quantitative estimate of drug-likeness (QED) is 0.660. The van der Waals surface area contributed by atoms with Gasteiger partial charge >= 0.3 is 5.97 Å². The number of aliphatic carboxylic acids is 1. The van der Waals surface area contributed by atoms with Crippen molar-refractivity contribution in [2.75, 3.05) is 0 Å². The average molecular weight is 189 g/mol. The number of amides is 1. The number of hydrogen-bond acceptors (Lipinski definition) is 2. The lowest BCUT2D eigenvalue weighted by Crippen LogP contribution is -2.24. The first kappa shape index (κ1) is 8.62. The zero-order valence-electron chi connectivity index (χ0n) is 7.18. The first-order chi connectivity index (χ1) is 6.68. The van der Waals surface area contributed by atoms with Gasteiger partial charge in [0.15, 0.2) is 5.71 Å². The maximum atomic E-state index is 11.4. The molecule has 1 atom stereocenters. The molecular weight excluding hydrogens is 182 g/mol. The van der Waals surface area contributed by atoms with Crippen molar-refractivity contribution in [2.24, 2.45) is 10.9 Å². The molecule has 0 aromatic heterocycles. The van der Waals surface area contributed by atoms with Gasteiger partial charge in [-0.15, -0.1) is 0 Å². The van der Waals surface area contributed by atoms with Crippen molar-refractivity contribution in [3.63, 3.8) is 0 Å². The van der Waals surface area contributed by atoms with Crippen LogP contribution < -0.4 is 0 Å². The van der Waals surface area contributed by atoms with Crippen molar-refractivity contribution in [1.29, 1.82) is 0 Å². The van der Waals surface area contributed by atoms with E-state index in [-0.39, 0.29) is 5.71 Å². The Bertz CT molecular complexity index is 427. The molecule has 70 valence electrons. The molecule has 0 spiro atoms. The molecule has 0 radical (unpaired) electrons. The Labute approximate surface area is 80.0 Å². The molecule has 14 heavy (non-hydrogen) atoms. The van der Waals surface area contributed by atoms with Crippen LogP contribution in [0, 0.1) is 5.92 Å². The van der Waals surface area contributed by atoms with E-state index in [1.165, 1.54) is 6.08 Å². The lowest BCUT2D eigenvalue weighted by atomic mass is 9.91. The molecule has 0 bridgehead atoms.